The van der Waals surface area contributed by atoms with Gasteiger partial charge in [0.1, 0.15) is 5.82 Å². The second-order valence-electron chi connectivity index (χ2n) is 5.53. The number of sulfonamides is 1. The number of nitrogens with zero attached hydrogens (tertiary/aromatic N) is 2. The summed E-state index contributed by atoms with van der Waals surface area (Å²) in [5, 5.41) is 0. The molecular weight excluding hydrogens is 319 g/mol. The smallest absolute Gasteiger partial charge is 0.250 e. The Morgan fingerprint density at radius 2 is 1.74 bits per heavy atom. The van der Waals surface area contributed by atoms with Gasteiger partial charge in [0, 0.05) is 30.9 Å². The molecule has 1 aliphatic heterocycles. The molecule has 122 valence electrons. The number of benzene rings is 1. The van der Waals surface area contributed by atoms with E-state index in [1.807, 2.05) is 0 Å². The van der Waals surface area contributed by atoms with Gasteiger partial charge in [-0.05, 0) is 25.0 Å². The molecule has 1 saturated heterocycles. The summed E-state index contributed by atoms with van der Waals surface area (Å²) < 4.78 is 41.5. The molecule has 1 aromatic heterocycles. The first-order chi connectivity index (χ1) is 11.0. The normalized spacial score (nSPS) is 15.9. The lowest BCUT2D eigenvalue weighted by Gasteiger charge is -2.16. The summed E-state index contributed by atoms with van der Waals surface area (Å²) in [5.74, 6) is -0.424. The number of halogens is 1. The van der Waals surface area contributed by atoms with Gasteiger partial charge < -0.3 is 4.57 Å². The second kappa shape index (κ2) is 6.25. The molecule has 0 radical (unpaired) electrons. The van der Waals surface area contributed by atoms with Crippen molar-refractivity contribution in [3.63, 3.8) is 0 Å². The summed E-state index contributed by atoms with van der Waals surface area (Å²) in [7, 11) is -3.60. The summed E-state index contributed by atoms with van der Waals surface area (Å²) in [6.45, 7) is 0.985. The van der Waals surface area contributed by atoms with E-state index in [-0.39, 0.29) is 17.0 Å². The van der Waals surface area contributed by atoms with Crippen molar-refractivity contribution in [2.24, 2.45) is 0 Å². The van der Waals surface area contributed by atoms with Crippen LogP contribution in [-0.2, 0) is 16.6 Å². The molecule has 0 aliphatic carbocycles. The predicted molar refractivity (Wildman–Crippen MR) is 84.2 cm³/mol. The van der Waals surface area contributed by atoms with Gasteiger partial charge in [-0.3, -0.25) is 4.79 Å². The molecule has 2 aromatic rings. The highest BCUT2D eigenvalue weighted by Crippen LogP contribution is 2.20. The Bertz CT molecular complexity index is 871. The molecule has 7 heteroatoms. The molecular formula is C16H17FN2O3S. The van der Waals surface area contributed by atoms with Gasteiger partial charge in [-0.25, -0.2) is 12.8 Å². The quantitative estimate of drug-likeness (QED) is 0.856. The Morgan fingerprint density at radius 1 is 1.04 bits per heavy atom. The van der Waals surface area contributed by atoms with E-state index in [1.165, 1.54) is 33.3 Å². The van der Waals surface area contributed by atoms with E-state index in [2.05, 4.69) is 0 Å². The number of pyridine rings is 1. The molecule has 1 aromatic carbocycles. The van der Waals surface area contributed by atoms with Crippen LogP contribution in [0, 0.1) is 5.82 Å². The fourth-order valence-corrected chi connectivity index (χ4v) is 4.21. The van der Waals surface area contributed by atoms with Gasteiger partial charge in [0.2, 0.25) is 10.0 Å². The van der Waals surface area contributed by atoms with Crippen molar-refractivity contribution in [2.45, 2.75) is 24.3 Å². The minimum atomic E-state index is -3.60. The topological polar surface area (TPSA) is 59.4 Å². The molecule has 0 spiro atoms. The lowest BCUT2D eigenvalue weighted by Crippen LogP contribution is -2.29. The lowest BCUT2D eigenvalue weighted by molar-refractivity contribution is 0.476. The van der Waals surface area contributed by atoms with Gasteiger partial charge in [-0.2, -0.15) is 4.31 Å². The Balaban J connectivity index is 1.97. The van der Waals surface area contributed by atoms with Gasteiger partial charge in [0.05, 0.1) is 11.4 Å². The van der Waals surface area contributed by atoms with Crippen LogP contribution in [-0.4, -0.2) is 30.4 Å². The van der Waals surface area contributed by atoms with Crippen LogP contribution in [0.15, 0.2) is 52.3 Å². The van der Waals surface area contributed by atoms with Crippen molar-refractivity contribution in [3.8, 4) is 0 Å². The lowest BCUT2D eigenvalue weighted by atomic mass is 10.2. The molecule has 0 N–H and O–H groups in total. The fraction of sp³-hybridized carbons (Fsp3) is 0.312. The third-order valence-corrected chi connectivity index (χ3v) is 5.84. The van der Waals surface area contributed by atoms with Crippen LogP contribution in [0.2, 0.25) is 0 Å². The summed E-state index contributed by atoms with van der Waals surface area (Å²) >= 11 is 0. The molecule has 0 bridgehead atoms. The molecule has 5 nitrogen and oxygen atoms in total. The SMILES string of the molecule is O=c1ccc(S(=O)(=O)N2CCCC2)cn1Cc1ccccc1F. The molecule has 3 rings (SSSR count). The maximum Gasteiger partial charge on any atom is 0.250 e. The first-order valence-electron chi connectivity index (χ1n) is 7.42. The van der Waals surface area contributed by atoms with Crippen molar-refractivity contribution < 1.29 is 12.8 Å². The Kier molecular flexibility index (Phi) is 4.32. The fourth-order valence-electron chi connectivity index (χ4n) is 2.67. The minimum Gasteiger partial charge on any atom is -0.310 e. The maximum absolute atomic E-state index is 13.7. The highest BCUT2D eigenvalue weighted by Gasteiger charge is 2.27. The standard InChI is InChI=1S/C16H17FN2O3S/c17-15-6-2-1-5-13(15)11-18-12-14(7-8-16(18)20)23(21,22)19-9-3-4-10-19/h1-2,5-8,12H,3-4,9-11H2. The summed E-state index contributed by atoms with van der Waals surface area (Å²) in [4.78, 5) is 12.0. The third-order valence-electron chi connectivity index (χ3n) is 3.96. The van der Waals surface area contributed by atoms with Crippen LogP contribution >= 0.6 is 0 Å². The summed E-state index contributed by atoms with van der Waals surface area (Å²) in [6, 6.07) is 8.65. The highest BCUT2D eigenvalue weighted by molar-refractivity contribution is 7.89. The van der Waals surface area contributed by atoms with Gasteiger partial charge in [-0.1, -0.05) is 18.2 Å². The van der Waals surface area contributed by atoms with E-state index in [4.69, 9.17) is 0 Å². The molecule has 0 atom stereocenters. The average molecular weight is 336 g/mol. The number of rotatable bonds is 4. The van der Waals surface area contributed by atoms with E-state index in [0.29, 0.717) is 18.7 Å². The van der Waals surface area contributed by atoms with Crippen LogP contribution in [0.1, 0.15) is 18.4 Å². The maximum atomic E-state index is 13.7. The van der Waals surface area contributed by atoms with E-state index in [0.717, 1.165) is 12.8 Å². The van der Waals surface area contributed by atoms with Crippen molar-refractivity contribution in [3.05, 3.63) is 64.3 Å². The van der Waals surface area contributed by atoms with Crippen molar-refractivity contribution >= 4 is 10.0 Å². The van der Waals surface area contributed by atoms with Crippen LogP contribution in [0.3, 0.4) is 0 Å². The van der Waals surface area contributed by atoms with Crippen molar-refractivity contribution in [2.75, 3.05) is 13.1 Å². The minimum absolute atomic E-state index is 0.00509. The average Bonchev–Trinajstić information content (AvgIpc) is 3.06. The van der Waals surface area contributed by atoms with Crippen LogP contribution < -0.4 is 5.56 Å². The molecule has 0 amide bonds. The van der Waals surface area contributed by atoms with Crippen LogP contribution in [0.4, 0.5) is 4.39 Å². The zero-order chi connectivity index (χ0) is 16.4. The van der Waals surface area contributed by atoms with E-state index < -0.39 is 15.8 Å². The van der Waals surface area contributed by atoms with Crippen molar-refractivity contribution in [1.82, 2.24) is 8.87 Å². The highest BCUT2D eigenvalue weighted by atomic mass is 32.2. The molecule has 2 heterocycles. The van der Waals surface area contributed by atoms with Crippen LogP contribution in [0.25, 0.3) is 0 Å². The third kappa shape index (κ3) is 3.20. The van der Waals surface area contributed by atoms with E-state index in [9.17, 15) is 17.6 Å². The Hall–Kier alpha value is -1.99. The Morgan fingerprint density at radius 3 is 2.43 bits per heavy atom. The van der Waals surface area contributed by atoms with E-state index >= 15 is 0 Å². The van der Waals surface area contributed by atoms with Gasteiger partial charge in [0.15, 0.2) is 0 Å². The first kappa shape index (κ1) is 15.9. The number of aromatic nitrogens is 1. The monoisotopic (exact) mass is 336 g/mol. The van der Waals surface area contributed by atoms with Crippen LogP contribution in [0.5, 0.6) is 0 Å². The Labute approximate surface area is 134 Å². The first-order valence-corrected chi connectivity index (χ1v) is 8.86. The predicted octanol–water partition coefficient (Wildman–Crippen LogP) is 1.82. The molecule has 1 aliphatic rings. The zero-order valence-electron chi connectivity index (χ0n) is 12.5. The van der Waals surface area contributed by atoms with Crippen molar-refractivity contribution in [1.29, 1.82) is 0 Å². The largest absolute Gasteiger partial charge is 0.310 e. The molecule has 1 fully saturated rings. The van der Waals surface area contributed by atoms with Gasteiger partial charge in [0.25, 0.3) is 5.56 Å². The molecule has 0 saturated carbocycles. The summed E-state index contributed by atoms with van der Waals surface area (Å²) in [5.41, 5.74) is -0.0288. The zero-order valence-corrected chi connectivity index (χ0v) is 13.3. The molecule has 0 unspecified atom stereocenters. The molecule has 23 heavy (non-hydrogen) atoms. The van der Waals surface area contributed by atoms with Gasteiger partial charge in [-0.15, -0.1) is 0 Å². The summed E-state index contributed by atoms with van der Waals surface area (Å²) in [6.07, 6.45) is 2.98. The second-order valence-corrected chi connectivity index (χ2v) is 7.47. The van der Waals surface area contributed by atoms with Gasteiger partial charge >= 0.3 is 0 Å². The number of hydrogen-bond acceptors (Lipinski definition) is 3. The number of hydrogen-bond donors (Lipinski definition) is 0. The van der Waals surface area contributed by atoms with E-state index in [1.54, 1.807) is 18.2 Å².